The molecule has 0 aromatic heterocycles. The number of hydrogen-bond acceptors (Lipinski definition) is 2. The van der Waals surface area contributed by atoms with Crippen molar-refractivity contribution < 1.29 is 1.43 Å². The highest BCUT2D eigenvalue weighted by Crippen LogP contribution is 1.92. The summed E-state index contributed by atoms with van der Waals surface area (Å²) in [5.74, 6) is 0. The molecule has 0 fully saturated rings. The van der Waals surface area contributed by atoms with E-state index in [9.17, 15) is 0 Å². The van der Waals surface area contributed by atoms with Crippen molar-refractivity contribution in [3.05, 3.63) is 25.1 Å². The molecular formula is C9H20N2. The third kappa shape index (κ3) is 5.67. The van der Waals surface area contributed by atoms with Crippen LogP contribution in [0, 0.1) is 0 Å². The summed E-state index contributed by atoms with van der Waals surface area (Å²) in [6, 6.07) is 0. The fourth-order valence-electron chi connectivity index (χ4n) is 0.857. The summed E-state index contributed by atoms with van der Waals surface area (Å²) in [5.41, 5.74) is 0. The van der Waals surface area contributed by atoms with E-state index in [0.717, 1.165) is 19.5 Å². The van der Waals surface area contributed by atoms with Gasteiger partial charge in [-0.25, -0.2) is 0 Å². The zero-order chi connectivity index (χ0) is 8.53. The molecule has 0 rings (SSSR count). The summed E-state index contributed by atoms with van der Waals surface area (Å²) in [6.07, 6.45) is 7.03. The molecule has 0 atom stereocenters. The molecule has 0 amide bonds. The van der Waals surface area contributed by atoms with Gasteiger partial charge in [-0.1, -0.05) is 12.7 Å². The highest BCUT2D eigenvalue weighted by atomic mass is 15.1. The fourth-order valence-corrected chi connectivity index (χ4v) is 0.857. The Morgan fingerprint density at radius 2 is 2.36 bits per heavy atom. The monoisotopic (exact) mass is 156 g/mol. The van der Waals surface area contributed by atoms with Crippen LogP contribution in [0.4, 0.5) is 0 Å². The van der Waals surface area contributed by atoms with Crippen LogP contribution >= 0.6 is 0 Å². The lowest BCUT2D eigenvalue weighted by atomic mass is 10.4. The van der Waals surface area contributed by atoms with Crippen LogP contribution in [0.3, 0.4) is 0 Å². The van der Waals surface area contributed by atoms with Gasteiger partial charge < -0.3 is 10.2 Å². The average molecular weight is 156 g/mol. The van der Waals surface area contributed by atoms with E-state index in [0.29, 0.717) is 0 Å². The van der Waals surface area contributed by atoms with Crippen LogP contribution in [0.1, 0.15) is 14.8 Å². The van der Waals surface area contributed by atoms with Crippen molar-refractivity contribution >= 4 is 0 Å². The maximum absolute atomic E-state index is 3.71. The number of nitrogens with one attached hydrogen (secondary N) is 1. The molecule has 1 N–H and O–H groups in total. The second kappa shape index (κ2) is 7.35. The zero-order valence-electron chi connectivity index (χ0n) is 7.51. The first-order valence-corrected chi connectivity index (χ1v) is 4.01. The van der Waals surface area contributed by atoms with Gasteiger partial charge in [0.25, 0.3) is 0 Å². The second-order valence-electron chi connectivity index (χ2n) is 2.36. The van der Waals surface area contributed by atoms with Crippen molar-refractivity contribution in [2.45, 2.75) is 13.3 Å². The molecular weight excluding hydrogens is 136 g/mol. The molecule has 0 aliphatic rings. The highest BCUT2D eigenvalue weighted by Gasteiger charge is 1.90. The first kappa shape index (κ1) is 10.2. The van der Waals surface area contributed by atoms with E-state index < -0.39 is 0 Å². The van der Waals surface area contributed by atoms with Gasteiger partial charge in [0, 0.05) is 7.97 Å². The predicted molar refractivity (Wildman–Crippen MR) is 52.4 cm³/mol. The van der Waals surface area contributed by atoms with Crippen LogP contribution < -0.4 is 5.32 Å². The average Bonchev–Trinajstić information content (AvgIpc) is 2.03. The van der Waals surface area contributed by atoms with Crippen molar-refractivity contribution in [2.24, 2.45) is 0 Å². The van der Waals surface area contributed by atoms with E-state index in [1.54, 1.807) is 0 Å². The van der Waals surface area contributed by atoms with Gasteiger partial charge in [-0.15, -0.1) is 0 Å². The number of rotatable bonds is 6. The second-order valence-corrected chi connectivity index (χ2v) is 2.36. The number of allylic oxidation sites excluding steroid dienone is 1. The van der Waals surface area contributed by atoms with Crippen LogP contribution in [-0.2, 0) is 0 Å². The molecule has 0 unspecified atom stereocenters. The van der Waals surface area contributed by atoms with E-state index in [1.165, 1.54) is 0 Å². The minimum absolute atomic E-state index is 0. The molecule has 0 aromatic carbocycles. The third-order valence-electron chi connectivity index (χ3n) is 1.42. The Hall–Kier alpha value is -0.760. The first-order chi connectivity index (χ1) is 5.35. The lowest BCUT2D eigenvalue weighted by Crippen LogP contribution is -2.16. The van der Waals surface area contributed by atoms with E-state index >= 15 is 0 Å². The van der Waals surface area contributed by atoms with Gasteiger partial charge in [0.1, 0.15) is 0 Å². The van der Waals surface area contributed by atoms with Gasteiger partial charge in [-0.05, 0) is 39.3 Å². The summed E-state index contributed by atoms with van der Waals surface area (Å²) >= 11 is 0. The molecule has 2 heteroatoms. The largest absolute Gasteiger partial charge is 0.355 e. The summed E-state index contributed by atoms with van der Waals surface area (Å²) in [6.45, 7) is 7.81. The normalized spacial score (nSPS) is 10.4. The molecule has 0 saturated heterocycles. The van der Waals surface area contributed by atoms with Crippen LogP contribution in [0.15, 0.2) is 25.1 Å². The lowest BCUT2D eigenvalue weighted by molar-refractivity contribution is 0.483. The third-order valence-corrected chi connectivity index (χ3v) is 1.42. The molecule has 0 spiro atoms. The van der Waals surface area contributed by atoms with E-state index in [1.807, 2.05) is 32.4 Å². The van der Waals surface area contributed by atoms with Gasteiger partial charge in [-0.2, -0.15) is 0 Å². The van der Waals surface area contributed by atoms with Gasteiger partial charge in [0.2, 0.25) is 0 Å². The highest BCUT2D eigenvalue weighted by molar-refractivity contribution is 4.85. The van der Waals surface area contributed by atoms with Crippen molar-refractivity contribution in [1.29, 1.82) is 0 Å². The quantitative estimate of drug-likeness (QED) is 0.590. The Bertz CT molecular complexity index is 124. The Morgan fingerprint density at radius 1 is 1.64 bits per heavy atom. The van der Waals surface area contributed by atoms with Crippen molar-refractivity contribution in [3.8, 4) is 0 Å². The number of nitrogens with zero attached hydrogens (tertiary/aromatic N) is 1. The first-order valence-electron chi connectivity index (χ1n) is 4.01. The van der Waals surface area contributed by atoms with Crippen molar-refractivity contribution in [3.63, 3.8) is 0 Å². The molecule has 0 radical (unpaired) electrons. The molecule has 0 heterocycles. The Kier molecular flexibility index (Phi) is 6.84. The van der Waals surface area contributed by atoms with E-state index in [4.69, 9.17) is 0 Å². The van der Waals surface area contributed by atoms with Gasteiger partial charge in [0.15, 0.2) is 0 Å². The van der Waals surface area contributed by atoms with Crippen LogP contribution in [-0.4, -0.2) is 25.0 Å². The summed E-state index contributed by atoms with van der Waals surface area (Å²) in [4.78, 5) is 2.08. The smallest absolute Gasteiger partial charge is 0.0231 e. The van der Waals surface area contributed by atoms with E-state index in [-0.39, 0.29) is 1.43 Å². The molecule has 0 aliphatic heterocycles. The Labute approximate surface area is 71.1 Å². The van der Waals surface area contributed by atoms with Crippen LogP contribution in [0.5, 0.6) is 0 Å². The van der Waals surface area contributed by atoms with Crippen molar-refractivity contribution in [2.75, 3.05) is 20.1 Å². The molecule has 2 nitrogen and oxygen atoms in total. The minimum atomic E-state index is 0. The maximum atomic E-state index is 3.71. The maximum Gasteiger partial charge on any atom is 0.0231 e. The minimum Gasteiger partial charge on any atom is -0.355 e. The van der Waals surface area contributed by atoms with Crippen LogP contribution in [0.2, 0.25) is 0 Å². The standard InChI is InChI=1S/C9H18N2.H2/c1-4-8-11(5-2)9-6-7-10-3;/h4-5,8,10H,2,6-7,9H2,1,3H3;1H/b8-4-;. The number of hydrogen-bond donors (Lipinski definition) is 1. The zero-order valence-corrected chi connectivity index (χ0v) is 7.51. The molecule has 0 saturated carbocycles. The lowest BCUT2D eigenvalue weighted by Gasteiger charge is -2.13. The molecule has 66 valence electrons. The molecule has 0 aromatic rings. The topological polar surface area (TPSA) is 15.3 Å². The molecule has 0 aliphatic carbocycles. The van der Waals surface area contributed by atoms with Crippen LogP contribution in [0.25, 0.3) is 0 Å². The fraction of sp³-hybridized carbons (Fsp3) is 0.556. The summed E-state index contributed by atoms with van der Waals surface area (Å²) < 4.78 is 0. The summed E-state index contributed by atoms with van der Waals surface area (Å²) in [7, 11) is 1.97. The van der Waals surface area contributed by atoms with Gasteiger partial charge in [0.05, 0.1) is 0 Å². The van der Waals surface area contributed by atoms with Crippen molar-refractivity contribution in [1.82, 2.24) is 10.2 Å². The van der Waals surface area contributed by atoms with E-state index in [2.05, 4.69) is 16.8 Å². The van der Waals surface area contributed by atoms with Gasteiger partial charge in [-0.3, -0.25) is 0 Å². The molecule has 11 heavy (non-hydrogen) atoms. The summed E-state index contributed by atoms with van der Waals surface area (Å²) in [5, 5.41) is 3.10. The molecule has 0 bridgehead atoms. The Morgan fingerprint density at radius 3 is 2.82 bits per heavy atom. The van der Waals surface area contributed by atoms with Gasteiger partial charge >= 0.3 is 0 Å². The SMILES string of the molecule is C=CN(/C=C\C)CCCNC.[HH]. The Balaban J connectivity index is 0. The predicted octanol–water partition coefficient (Wildman–Crippen LogP) is 1.82.